The molecule has 0 radical (unpaired) electrons. The van der Waals surface area contributed by atoms with E-state index in [0.717, 1.165) is 11.3 Å². The molecule has 4 aromatic rings. The van der Waals surface area contributed by atoms with Gasteiger partial charge in [-0.05, 0) is 71.3 Å². The summed E-state index contributed by atoms with van der Waals surface area (Å²) in [5.41, 5.74) is 3.29. The number of hydrogen-bond donors (Lipinski definition) is 3. The number of carbonyl (C=O) groups is 3. The molecule has 1 aromatic heterocycles. The number of nitrogens with zero attached hydrogens (tertiary/aromatic N) is 3. The lowest BCUT2D eigenvalue weighted by molar-refractivity contribution is -0.118. The predicted molar refractivity (Wildman–Crippen MR) is 175 cm³/mol. The zero-order chi connectivity index (χ0) is 32.7. The van der Waals surface area contributed by atoms with Gasteiger partial charge in [-0.3, -0.25) is 4.79 Å². The molecule has 0 atom stereocenters. The number of alkyl carbamates (subject to hydrolysis) is 1. The minimum absolute atomic E-state index is 0.0364. The summed E-state index contributed by atoms with van der Waals surface area (Å²) in [5, 5.41) is 14.3. The van der Waals surface area contributed by atoms with Crippen LogP contribution in [0, 0.1) is 0 Å². The van der Waals surface area contributed by atoms with Crippen LogP contribution in [-0.2, 0) is 14.3 Å². The number of nitrogens with one attached hydrogen (secondary N) is 2. The molecule has 0 aliphatic carbocycles. The van der Waals surface area contributed by atoms with Crippen molar-refractivity contribution in [1.82, 2.24) is 15.2 Å². The molecule has 1 heterocycles. The smallest absolute Gasteiger partial charge is 0.407 e. The van der Waals surface area contributed by atoms with Crippen LogP contribution in [-0.4, -0.2) is 85.1 Å². The van der Waals surface area contributed by atoms with Crippen molar-refractivity contribution in [2.75, 3.05) is 45.7 Å². The number of aromatic amines is 1. The van der Waals surface area contributed by atoms with Gasteiger partial charge in [0.15, 0.2) is 5.88 Å². The number of ether oxygens (including phenoxy) is 2. The summed E-state index contributed by atoms with van der Waals surface area (Å²) in [4.78, 5) is 48.3. The average Bonchev–Trinajstić information content (AvgIpc) is 3.31. The molecule has 0 bridgehead atoms. The monoisotopic (exact) mass is 613 g/mol. The minimum Gasteiger partial charge on any atom is -0.494 e. The molecule has 0 spiro atoms. The maximum atomic E-state index is 12.7. The van der Waals surface area contributed by atoms with Crippen LogP contribution in [0.3, 0.4) is 0 Å². The summed E-state index contributed by atoms with van der Waals surface area (Å²) in [6.07, 6.45) is -0.594. The van der Waals surface area contributed by atoms with E-state index in [4.69, 9.17) is 14.5 Å². The van der Waals surface area contributed by atoms with Crippen LogP contribution in [0.2, 0.25) is 0 Å². The second kappa shape index (κ2) is 14.1. The van der Waals surface area contributed by atoms with Crippen molar-refractivity contribution in [2.24, 2.45) is 4.99 Å². The first-order valence-corrected chi connectivity index (χ1v) is 14.5. The predicted octanol–water partition coefficient (Wildman–Crippen LogP) is 5.25. The maximum Gasteiger partial charge on any atom is 0.407 e. The van der Waals surface area contributed by atoms with Gasteiger partial charge in [0.2, 0.25) is 5.91 Å². The lowest BCUT2D eigenvalue weighted by Crippen LogP contribution is -2.34. The summed E-state index contributed by atoms with van der Waals surface area (Å²) >= 11 is 0. The molecular formula is C34H39N5O6. The van der Waals surface area contributed by atoms with Gasteiger partial charge in [0.05, 0.1) is 35.6 Å². The number of anilines is 1. The van der Waals surface area contributed by atoms with Gasteiger partial charge in [-0.15, -0.1) is 0 Å². The molecule has 4 rings (SSSR count). The highest BCUT2D eigenvalue weighted by molar-refractivity contribution is 6.22. The Balaban J connectivity index is 1.57. The third-order valence-electron chi connectivity index (χ3n) is 6.61. The number of hydrogen-bond acceptors (Lipinski definition) is 8. The first-order chi connectivity index (χ1) is 21.3. The lowest BCUT2D eigenvalue weighted by atomic mass is 10.00. The van der Waals surface area contributed by atoms with Crippen LogP contribution in [0.4, 0.5) is 16.2 Å². The van der Waals surface area contributed by atoms with Gasteiger partial charge >= 0.3 is 12.1 Å². The lowest BCUT2D eigenvalue weighted by Gasteiger charge is -2.19. The zero-order valence-electron chi connectivity index (χ0n) is 26.4. The Hall–Kier alpha value is -5.16. The van der Waals surface area contributed by atoms with Crippen molar-refractivity contribution >= 4 is 46.0 Å². The topological polar surface area (TPSA) is 137 Å². The highest BCUT2D eigenvalue weighted by atomic mass is 16.6. The van der Waals surface area contributed by atoms with E-state index in [9.17, 15) is 19.5 Å². The van der Waals surface area contributed by atoms with Crippen LogP contribution in [0.5, 0.6) is 5.88 Å². The highest BCUT2D eigenvalue weighted by Crippen LogP contribution is 2.32. The molecule has 3 aromatic carbocycles. The van der Waals surface area contributed by atoms with Gasteiger partial charge in [-0.1, -0.05) is 36.4 Å². The Morgan fingerprint density at radius 2 is 1.62 bits per heavy atom. The Bertz CT molecular complexity index is 1690. The van der Waals surface area contributed by atoms with Gasteiger partial charge < -0.3 is 34.7 Å². The number of rotatable bonds is 10. The number of amides is 2. The summed E-state index contributed by atoms with van der Waals surface area (Å²) in [7, 11) is 5.42. The minimum atomic E-state index is -0.628. The van der Waals surface area contributed by atoms with Gasteiger partial charge in [0.1, 0.15) is 12.2 Å². The van der Waals surface area contributed by atoms with E-state index in [0.29, 0.717) is 34.4 Å². The summed E-state index contributed by atoms with van der Waals surface area (Å²) in [6.45, 7) is 5.62. The van der Waals surface area contributed by atoms with Gasteiger partial charge in [-0.2, -0.15) is 0 Å². The molecule has 0 aliphatic heterocycles. The van der Waals surface area contributed by atoms with Crippen LogP contribution in [0.25, 0.3) is 10.9 Å². The highest BCUT2D eigenvalue weighted by Gasteiger charge is 2.21. The molecule has 11 nitrogen and oxygen atoms in total. The quantitative estimate of drug-likeness (QED) is 0.126. The fourth-order valence-electron chi connectivity index (χ4n) is 4.51. The van der Waals surface area contributed by atoms with E-state index in [1.165, 1.54) is 0 Å². The standard InChI is InChI=1S/C34H39N5O6/c1-34(2,3)45-33(43)35-18-19-44-32(42)23-12-17-26-27(20-23)37-31(41)29(26)30(22-10-8-7-9-11-22)36-24-13-15-25(16-14-24)39(6)28(40)21-38(4)5/h7-17,20,37,41H,18-19,21H2,1-6H3,(H,35,43). The molecule has 0 aliphatic rings. The number of aromatic nitrogens is 1. The number of H-pyrrole nitrogens is 1. The van der Waals surface area contributed by atoms with Gasteiger partial charge in [0, 0.05) is 29.2 Å². The van der Waals surface area contributed by atoms with Crippen molar-refractivity contribution < 1.29 is 29.0 Å². The Labute approximate surface area is 262 Å². The third kappa shape index (κ3) is 8.70. The van der Waals surface area contributed by atoms with Crippen LogP contribution in [0.15, 0.2) is 77.8 Å². The molecule has 0 unspecified atom stereocenters. The maximum absolute atomic E-state index is 12.7. The molecule has 45 heavy (non-hydrogen) atoms. The van der Waals surface area contributed by atoms with Crippen molar-refractivity contribution in [2.45, 2.75) is 26.4 Å². The fourth-order valence-corrected chi connectivity index (χ4v) is 4.51. The molecule has 3 N–H and O–H groups in total. The first-order valence-electron chi connectivity index (χ1n) is 14.5. The van der Waals surface area contributed by atoms with E-state index < -0.39 is 17.7 Å². The van der Waals surface area contributed by atoms with Gasteiger partial charge in [0.25, 0.3) is 0 Å². The number of esters is 1. The average molecular weight is 614 g/mol. The summed E-state index contributed by atoms with van der Waals surface area (Å²) < 4.78 is 10.5. The van der Waals surface area contributed by atoms with Crippen LogP contribution in [0.1, 0.15) is 42.3 Å². The van der Waals surface area contributed by atoms with Crippen molar-refractivity contribution in [3.05, 3.63) is 89.5 Å². The molecule has 2 amide bonds. The zero-order valence-corrected chi connectivity index (χ0v) is 26.4. The van der Waals surface area contributed by atoms with E-state index in [-0.39, 0.29) is 30.5 Å². The van der Waals surface area contributed by atoms with E-state index in [2.05, 4.69) is 10.3 Å². The SMILES string of the molecule is CN(C)CC(=O)N(C)c1ccc(N=C(c2ccccc2)c2c(O)[nH]c3cc(C(=O)OCCNC(=O)OC(C)(C)C)ccc23)cc1. The number of aromatic hydroxyl groups is 1. The Morgan fingerprint density at radius 3 is 2.27 bits per heavy atom. The largest absolute Gasteiger partial charge is 0.494 e. The second-order valence-corrected chi connectivity index (χ2v) is 11.7. The number of fused-ring (bicyclic) bond motifs is 1. The van der Waals surface area contributed by atoms with Crippen molar-refractivity contribution in [3.63, 3.8) is 0 Å². The van der Waals surface area contributed by atoms with E-state index in [1.807, 2.05) is 73.6 Å². The fraction of sp³-hybridized carbons (Fsp3) is 0.294. The number of likely N-dealkylation sites (N-methyl/N-ethyl adjacent to an activating group) is 2. The van der Waals surface area contributed by atoms with Crippen LogP contribution < -0.4 is 10.2 Å². The molecule has 0 saturated heterocycles. The molecule has 236 valence electrons. The van der Waals surface area contributed by atoms with E-state index in [1.54, 1.807) is 50.9 Å². The number of carbonyl (C=O) groups excluding carboxylic acids is 3. The molecule has 0 saturated carbocycles. The molecular weight excluding hydrogens is 574 g/mol. The van der Waals surface area contributed by atoms with Crippen LogP contribution >= 0.6 is 0 Å². The number of benzene rings is 3. The Kier molecular flexibility index (Phi) is 10.2. The second-order valence-electron chi connectivity index (χ2n) is 11.7. The summed E-state index contributed by atoms with van der Waals surface area (Å²) in [6, 6.07) is 21.7. The molecule has 11 heteroatoms. The van der Waals surface area contributed by atoms with Crippen molar-refractivity contribution in [1.29, 1.82) is 0 Å². The first kappa shape index (κ1) is 32.7. The van der Waals surface area contributed by atoms with Gasteiger partial charge in [-0.25, -0.2) is 14.6 Å². The molecule has 0 fully saturated rings. The normalized spacial score (nSPS) is 11.8. The third-order valence-corrected chi connectivity index (χ3v) is 6.61. The summed E-state index contributed by atoms with van der Waals surface area (Å²) in [5.74, 6) is -0.722. The number of aliphatic imine (C=N–C) groups is 1. The van der Waals surface area contributed by atoms with E-state index >= 15 is 0 Å². The Morgan fingerprint density at radius 1 is 0.933 bits per heavy atom. The van der Waals surface area contributed by atoms with Crippen molar-refractivity contribution in [3.8, 4) is 5.88 Å².